The van der Waals surface area contributed by atoms with Crippen molar-refractivity contribution in [3.8, 4) is 16.3 Å². The molecule has 7 heteroatoms. The molecule has 0 N–H and O–H groups in total. The number of carbonyl (C=O) groups is 1. The number of unbranched alkanes of at least 4 members (excludes halogenated alkanes) is 1. The third kappa shape index (κ3) is 6.01. The van der Waals surface area contributed by atoms with E-state index in [9.17, 15) is 4.79 Å². The lowest BCUT2D eigenvalue weighted by Crippen LogP contribution is -2.23. The van der Waals surface area contributed by atoms with Crippen LogP contribution < -0.4 is 4.74 Å². The van der Waals surface area contributed by atoms with Gasteiger partial charge in [0, 0.05) is 6.42 Å². The number of aromatic nitrogens is 2. The molecule has 0 fully saturated rings. The lowest BCUT2D eigenvalue weighted by molar-refractivity contribution is -0.154. The molecule has 30 heavy (non-hydrogen) atoms. The van der Waals surface area contributed by atoms with Crippen LogP contribution in [0.5, 0.6) is 5.88 Å². The second kappa shape index (κ2) is 9.88. The van der Waals surface area contributed by atoms with Gasteiger partial charge < -0.3 is 9.47 Å². The van der Waals surface area contributed by atoms with Gasteiger partial charge in [0.05, 0.1) is 20.8 Å². The number of rotatable bonds is 8. The summed E-state index contributed by atoms with van der Waals surface area (Å²) in [6, 6.07) is 10.2. The minimum atomic E-state index is -0.432. The third-order valence-corrected chi connectivity index (χ3v) is 6.61. The highest BCUT2D eigenvalue weighted by molar-refractivity contribution is 9.10. The Kier molecular flexibility index (Phi) is 7.47. The van der Waals surface area contributed by atoms with Gasteiger partial charge in [0.2, 0.25) is 5.88 Å². The maximum absolute atomic E-state index is 11.8. The molecule has 0 unspecified atom stereocenters. The lowest BCUT2D eigenvalue weighted by Gasteiger charge is -2.19. The number of ether oxygens (including phenoxy) is 2. The Morgan fingerprint density at radius 2 is 1.90 bits per heavy atom. The Labute approximate surface area is 190 Å². The number of nitrogens with zero attached hydrogens (tertiary/aromatic N) is 2. The summed E-state index contributed by atoms with van der Waals surface area (Å²) in [6.07, 6.45) is 4.45. The number of halogens is 1. The number of hydrogen-bond acceptors (Lipinski definition) is 6. The molecule has 0 aliphatic rings. The fraction of sp³-hybridized carbons (Fsp3) is 0.435. The van der Waals surface area contributed by atoms with Crippen LogP contribution in [0.2, 0.25) is 0 Å². The molecule has 160 valence electrons. The van der Waals surface area contributed by atoms with Gasteiger partial charge in [-0.3, -0.25) is 4.79 Å². The molecule has 1 atom stereocenters. The first-order valence-electron chi connectivity index (χ1n) is 10.1. The quantitative estimate of drug-likeness (QED) is 0.257. The number of hydrogen-bond donors (Lipinski definition) is 0. The average Bonchev–Trinajstić information content (AvgIpc) is 3.02. The van der Waals surface area contributed by atoms with Crippen LogP contribution in [0.4, 0.5) is 0 Å². The predicted molar refractivity (Wildman–Crippen MR) is 125 cm³/mol. The zero-order valence-corrected chi connectivity index (χ0v) is 20.2. The van der Waals surface area contributed by atoms with Crippen molar-refractivity contribution in [2.75, 3.05) is 0 Å². The van der Waals surface area contributed by atoms with E-state index >= 15 is 0 Å². The summed E-state index contributed by atoms with van der Waals surface area (Å²) in [5, 5.41) is 0.905. The van der Waals surface area contributed by atoms with E-state index in [1.165, 1.54) is 0 Å². The van der Waals surface area contributed by atoms with Crippen LogP contribution in [0, 0.1) is 0 Å². The largest absolute Gasteiger partial charge is 0.474 e. The molecule has 0 aliphatic carbocycles. The van der Waals surface area contributed by atoms with Gasteiger partial charge >= 0.3 is 5.97 Å². The summed E-state index contributed by atoms with van der Waals surface area (Å²) in [6.45, 7) is 7.68. The van der Waals surface area contributed by atoms with E-state index in [1.807, 2.05) is 45.9 Å². The first-order chi connectivity index (χ1) is 14.2. The molecule has 1 aromatic carbocycles. The van der Waals surface area contributed by atoms with Gasteiger partial charge in [-0.2, -0.15) is 0 Å². The Morgan fingerprint density at radius 1 is 1.17 bits per heavy atom. The summed E-state index contributed by atoms with van der Waals surface area (Å²) in [5.74, 6) is 0.439. The van der Waals surface area contributed by atoms with Gasteiger partial charge in [-0.25, -0.2) is 9.97 Å². The maximum Gasteiger partial charge on any atom is 0.306 e. The van der Waals surface area contributed by atoms with Crippen molar-refractivity contribution in [1.29, 1.82) is 0 Å². The maximum atomic E-state index is 11.8. The van der Waals surface area contributed by atoms with Crippen molar-refractivity contribution in [3.05, 3.63) is 41.1 Å². The predicted octanol–water partition coefficient (Wildman–Crippen LogP) is 6.79. The Hall–Kier alpha value is -1.99. The second-order valence-corrected chi connectivity index (χ2v) is 10.0. The topological polar surface area (TPSA) is 61.3 Å². The van der Waals surface area contributed by atoms with Gasteiger partial charge in [0.15, 0.2) is 0 Å². The fourth-order valence-electron chi connectivity index (χ4n) is 3.08. The minimum Gasteiger partial charge on any atom is -0.474 e. The molecule has 0 saturated carbocycles. The first kappa shape index (κ1) is 22.7. The van der Waals surface area contributed by atoms with Crippen molar-refractivity contribution >= 4 is 43.5 Å². The summed E-state index contributed by atoms with van der Waals surface area (Å²) < 4.78 is 12.5. The fourth-order valence-corrected chi connectivity index (χ4v) is 5.07. The molecular weight excluding hydrogens is 464 g/mol. The molecule has 3 rings (SSSR count). The normalized spacial score (nSPS) is 12.7. The van der Waals surface area contributed by atoms with E-state index in [2.05, 4.69) is 38.0 Å². The van der Waals surface area contributed by atoms with Crippen LogP contribution in [0.25, 0.3) is 20.7 Å². The summed E-state index contributed by atoms with van der Waals surface area (Å²) in [4.78, 5) is 22.6. The molecule has 0 saturated heterocycles. The average molecular weight is 491 g/mol. The van der Waals surface area contributed by atoms with Crippen LogP contribution in [0.1, 0.15) is 53.4 Å². The van der Waals surface area contributed by atoms with Gasteiger partial charge in [0.25, 0.3) is 0 Å². The molecule has 3 aromatic rings. The molecular formula is C23H27BrN2O3S. The number of carbonyl (C=O) groups excluding carboxylic acids is 1. The Bertz CT molecular complexity index is 999. The minimum absolute atomic E-state index is 0.0197. The van der Waals surface area contributed by atoms with E-state index < -0.39 is 5.60 Å². The number of thiophene rings is 1. The van der Waals surface area contributed by atoms with Crippen LogP contribution >= 0.6 is 27.3 Å². The zero-order valence-electron chi connectivity index (χ0n) is 17.8. The van der Waals surface area contributed by atoms with E-state index in [1.54, 1.807) is 17.7 Å². The number of fused-ring (bicyclic) bond motifs is 1. The molecule has 0 aliphatic heterocycles. The highest BCUT2D eigenvalue weighted by Gasteiger charge is 2.19. The SMILES string of the molecule is C[C@H](CCCCC(=O)OC(C)(C)C)Oc1ncnc2sc(-c3ccccc3)c(Br)c12. The van der Waals surface area contributed by atoms with E-state index in [4.69, 9.17) is 9.47 Å². The summed E-state index contributed by atoms with van der Waals surface area (Å²) in [5.41, 5.74) is 0.701. The van der Waals surface area contributed by atoms with Gasteiger partial charge in [-0.05, 0) is 68.5 Å². The van der Waals surface area contributed by atoms with E-state index in [0.29, 0.717) is 12.3 Å². The Balaban J connectivity index is 1.62. The molecule has 2 aromatic heterocycles. The van der Waals surface area contributed by atoms with Crippen molar-refractivity contribution in [2.45, 2.75) is 65.1 Å². The first-order valence-corrected chi connectivity index (χ1v) is 11.7. The van der Waals surface area contributed by atoms with Crippen LogP contribution in [-0.2, 0) is 9.53 Å². The lowest BCUT2D eigenvalue weighted by atomic mass is 10.1. The monoisotopic (exact) mass is 490 g/mol. The van der Waals surface area contributed by atoms with Crippen LogP contribution in [0.3, 0.4) is 0 Å². The van der Waals surface area contributed by atoms with Crippen molar-refractivity contribution in [2.24, 2.45) is 0 Å². The van der Waals surface area contributed by atoms with Gasteiger partial charge in [-0.1, -0.05) is 30.3 Å². The number of benzene rings is 1. The third-order valence-electron chi connectivity index (χ3n) is 4.41. The van der Waals surface area contributed by atoms with Crippen LogP contribution in [-0.4, -0.2) is 27.6 Å². The number of esters is 1. The summed E-state index contributed by atoms with van der Waals surface area (Å²) >= 11 is 5.35. The van der Waals surface area contributed by atoms with Crippen LogP contribution in [0.15, 0.2) is 41.1 Å². The smallest absolute Gasteiger partial charge is 0.306 e. The zero-order chi connectivity index (χ0) is 21.7. The van der Waals surface area contributed by atoms with Crippen molar-refractivity contribution in [3.63, 3.8) is 0 Å². The summed E-state index contributed by atoms with van der Waals surface area (Å²) in [7, 11) is 0. The molecule has 5 nitrogen and oxygen atoms in total. The standard InChI is InChI=1S/C23H27BrN2O3S/c1-15(10-8-9-13-17(27)29-23(2,3)4)28-21-18-19(24)20(16-11-6-5-7-12-16)30-22(18)26-14-25-21/h5-7,11-12,14-15H,8-10,13H2,1-4H3/t15-/m1/s1. The van der Waals surface area contributed by atoms with E-state index in [-0.39, 0.29) is 12.1 Å². The molecule has 0 bridgehead atoms. The van der Waals surface area contributed by atoms with E-state index in [0.717, 1.165) is 44.4 Å². The van der Waals surface area contributed by atoms with Crippen molar-refractivity contribution in [1.82, 2.24) is 9.97 Å². The van der Waals surface area contributed by atoms with Gasteiger partial charge in [0.1, 0.15) is 16.8 Å². The Morgan fingerprint density at radius 3 is 2.60 bits per heavy atom. The van der Waals surface area contributed by atoms with Gasteiger partial charge in [-0.15, -0.1) is 11.3 Å². The molecule has 0 spiro atoms. The second-order valence-electron chi connectivity index (χ2n) is 8.23. The molecule has 0 amide bonds. The highest BCUT2D eigenvalue weighted by Crippen LogP contribution is 2.44. The highest BCUT2D eigenvalue weighted by atomic mass is 79.9. The molecule has 2 heterocycles. The molecule has 0 radical (unpaired) electrons. The van der Waals surface area contributed by atoms with Crippen molar-refractivity contribution < 1.29 is 14.3 Å².